The van der Waals surface area contributed by atoms with Crippen molar-refractivity contribution in [3.63, 3.8) is 0 Å². The molecule has 2 amide bonds. The largest absolute Gasteiger partial charge is 0.496 e. The Labute approximate surface area is 234 Å². The fraction of sp³-hybridized carbons (Fsp3) is 0.417. The molecule has 0 spiro atoms. The number of aromatic nitrogens is 3. The van der Waals surface area contributed by atoms with Gasteiger partial charge in [0, 0.05) is 18.5 Å². The summed E-state index contributed by atoms with van der Waals surface area (Å²) >= 11 is 0. The number of likely N-dealkylation sites (tertiary alicyclic amines) is 1. The quantitative estimate of drug-likeness (QED) is 0.390. The Morgan fingerprint density at radius 1 is 1.07 bits per heavy atom. The minimum absolute atomic E-state index is 0.0000760. The number of benzene rings is 1. The second kappa shape index (κ2) is 11.1. The Bertz CT molecular complexity index is 1520. The highest BCUT2D eigenvalue weighted by Crippen LogP contribution is 2.42. The zero-order chi connectivity index (χ0) is 32.1. The number of nitrogens with zero attached hydrogens (tertiary/aromatic N) is 4. The van der Waals surface area contributed by atoms with Crippen LogP contribution in [0.3, 0.4) is 0 Å². The molecule has 1 fully saturated rings. The Morgan fingerprint density at radius 2 is 1.72 bits per heavy atom. The molecule has 9 nitrogen and oxygen atoms in total. The summed E-state index contributed by atoms with van der Waals surface area (Å²) < 4.78 is 139. The van der Waals surface area contributed by atoms with Gasteiger partial charge in [0.1, 0.15) is 23.8 Å². The molecule has 1 aliphatic rings. The molecule has 4 rings (SSSR count). The minimum atomic E-state index is -5.78. The van der Waals surface area contributed by atoms with Gasteiger partial charge in [-0.3, -0.25) is 9.59 Å². The lowest BCUT2D eigenvalue weighted by Crippen LogP contribution is -2.43. The molecule has 19 heteroatoms. The number of amides is 2. The van der Waals surface area contributed by atoms with Crippen LogP contribution in [0.25, 0.3) is 16.8 Å². The third kappa shape index (κ3) is 6.38. The van der Waals surface area contributed by atoms with Crippen molar-refractivity contribution in [2.24, 2.45) is 5.92 Å². The van der Waals surface area contributed by atoms with Crippen molar-refractivity contribution in [1.29, 1.82) is 0 Å². The number of carbonyl (C=O) groups excluding carboxylic acids is 2. The van der Waals surface area contributed by atoms with Crippen molar-refractivity contribution < 1.29 is 58.2 Å². The molecule has 0 unspecified atom stereocenters. The zero-order valence-electron chi connectivity index (χ0n) is 21.6. The number of anilines is 1. The van der Waals surface area contributed by atoms with Crippen molar-refractivity contribution in [3.8, 4) is 17.0 Å². The van der Waals surface area contributed by atoms with E-state index < -0.39 is 84.9 Å². The van der Waals surface area contributed by atoms with Gasteiger partial charge in [-0.15, -0.1) is 0 Å². The van der Waals surface area contributed by atoms with Crippen LogP contribution in [0.15, 0.2) is 30.6 Å². The Morgan fingerprint density at radius 3 is 2.30 bits per heavy atom. The van der Waals surface area contributed by atoms with Crippen LogP contribution in [0.5, 0.6) is 5.75 Å². The summed E-state index contributed by atoms with van der Waals surface area (Å²) in [5.41, 5.74) is 3.43. The maximum atomic E-state index is 14.7. The number of fused-ring (bicyclic) bond motifs is 1. The van der Waals surface area contributed by atoms with Crippen LogP contribution in [0.4, 0.5) is 49.7 Å². The first-order valence-corrected chi connectivity index (χ1v) is 12.1. The fourth-order valence-corrected chi connectivity index (χ4v) is 4.61. The predicted molar refractivity (Wildman–Crippen MR) is 127 cm³/mol. The molecule has 1 saturated heterocycles. The van der Waals surface area contributed by atoms with Crippen molar-refractivity contribution in [3.05, 3.63) is 41.7 Å². The van der Waals surface area contributed by atoms with Gasteiger partial charge in [-0.2, -0.15) is 44.6 Å². The molecule has 3 N–H and O–H groups in total. The number of carbonyl (C=O) groups is 2. The second-order valence-corrected chi connectivity index (χ2v) is 9.50. The molecule has 0 radical (unpaired) electrons. The molecule has 0 bridgehead atoms. The van der Waals surface area contributed by atoms with E-state index in [1.54, 1.807) is 0 Å². The summed E-state index contributed by atoms with van der Waals surface area (Å²) in [6, 6.07) is 2.78. The van der Waals surface area contributed by atoms with Crippen LogP contribution in [-0.4, -0.2) is 76.1 Å². The van der Waals surface area contributed by atoms with E-state index >= 15 is 0 Å². The lowest BCUT2D eigenvalue weighted by molar-refractivity contribution is -0.284. The van der Waals surface area contributed by atoms with Crippen LogP contribution >= 0.6 is 0 Å². The SMILES string of the molecule is COc1ccc(-c2cc(C(F)(F)F)c3c(N)ncnn23)cc1C(=O)N[C@@H]1CN(C(=O)CC(C(F)(F)F)C(F)(F)F)C[C@@H]1F. The average molecular weight is 630 g/mol. The van der Waals surface area contributed by atoms with Gasteiger partial charge in [0.05, 0.1) is 36.5 Å². The van der Waals surface area contributed by atoms with Gasteiger partial charge >= 0.3 is 18.5 Å². The van der Waals surface area contributed by atoms with E-state index in [1.807, 2.05) is 0 Å². The number of nitrogens with one attached hydrogen (secondary N) is 1. The number of methoxy groups -OCH3 is 1. The molecule has 0 saturated carbocycles. The Balaban J connectivity index is 1.59. The van der Waals surface area contributed by atoms with Crippen molar-refractivity contribution in [2.75, 3.05) is 25.9 Å². The topological polar surface area (TPSA) is 115 Å². The first-order chi connectivity index (χ1) is 19.8. The van der Waals surface area contributed by atoms with E-state index in [0.29, 0.717) is 4.90 Å². The van der Waals surface area contributed by atoms with Crippen LogP contribution in [0, 0.1) is 5.92 Å². The van der Waals surface area contributed by atoms with Crippen LogP contribution < -0.4 is 15.8 Å². The Hall–Kier alpha value is -4.32. The average Bonchev–Trinajstić information content (AvgIpc) is 3.47. The number of rotatable bonds is 6. The molecule has 43 heavy (non-hydrogen) atoms. The molecule has 1 aromatic carbocycles. The summed E-state index contributed by atoms with van der Waals surface area (Å²) in [5, 5.41) is 6.01. The van der Waals surface area contributed by atoms with Crippen molar-refractivity contribution in [1.82, 2.24) is 24.8 Å². The number of hydrogen-bond acceptors (Lipinski definition) is 6. The smallest absolute Gasteiger partial charge is 0.418 e. The first kappa shape index (κ1) is 31.6. The standard InChI is InChI=1S/C24H20F10N6O3/c1-43-16-3-2-10(15-5-12(22(26,27)28)19-20(35)36-9-37-40(15)19)4-11(16)21(42)38-14-8-39(7-13(14)25)18(41)6-17(23(29,30)31)24(32,33)34/h2-5,9,13-14,17H,6-8H2,1H3,(H,38,42)(H2,35,36,37)/t13-,14+/m0/s1. The van der Waals surface area contributed by atoms with Gasteiger partial charge in [-0.25, -0.2) is 13.9 Å². The summed E-state index contributed by atoms with van der Waals surface area (Å²) in [6.45, 7) is -1.63. The normalized spacial score (nSPS) is 18.0. The van der Waals surface area contributed by atoms with E-state index in [0.717, 1.165) is 30.1 Å². The van der Waals surface area contributed by atoms with Gasteiger partial charge in [0.25, 0.3) is 5.91 Å². The number of ether oxygens (including phenoxy) is 1. The van der Waals surface area contributed by atoms with E-state index in [9.17, 15) is 53.5 Å². The number of halogens is 10. The number of nitrogen functional groups attached to an aromatic ring is 1. The summed E-state index contributed by atoms with van der Waals surface area (Å²) in [6.07, 6.45) is -19.6. The predicted octanol–water partition coefficient (Wildman–Crippen LogP) is 4.42. The molecule has 3 heterocycles. The van der Waals surface area contributed by atoms with Gasteiger partial charge in [-0.05, 0) is 24.3 Å². The van der Waals surface area contributed by atoms with Crippen LogP contribution in [0.1, 0.15) is 22.3 Å². The highest BCUT2D eigenvalue weighted by Gasteiger charge is 2.57. The van der Waals surface area contributed by atoms with Crippen LogP contribution in [0.2, 0.25) is 0 Å². The Kier molecular flexibility index (Phi) is 8.14. The summed E-state index contributed by atoms with van der Waals surface area (Å²) in [7, 11) is 1.15. The highest BCUT2D eigenvalue weighted by molar-refractivity contribution is 5.98. The molecule has 0 aliphatic carbocycles. The molecule has 234 valence electrons. The van der Waals surface area contributed by atoms with E-state index in [4.69, 9.17) is 10.5 Å². The van der Waals surface area contributed by atoms with E-state index in [-0.39, 0.29) is 22.6 Å². The number of hydrogen-bond donors (Lipinski definition) is 2. The molecule has 1 aliphatic heterocycles. The molecular formula is C24H20F10N6O3. The van der Waals surface area contributed by atoms with Gasteiger partial charge in [-0.1, -0.05) is 0 Å². The first-order valence-electron chi connectivity index (χ1n) is 12.1. The zero-order valence-corrected chi connectivity index (χ0v) is 21.6. The molecule has 3 aromatic rings. The summed E-state index contributed by atoms with van der Waals surface area (Å²) in [4.78, 5) is 29.3. The van der Waals surface area contributed by atoms with Gasteiger partial charge in [0.15, 0.2) is 11.7 Å². The fourth-order valence-electron chi connectivity index (χ4n) is 4.61. The molecule has 2 aromatic heterocycles. The van der Waals surface area contributed by atoms with Crippen molar-refractivity contribution >= 4 is 23.1 Å². The molecular weight excluding hydrogens is 610 g/mol. The van der Waals surface area contributed by atoms with E-state index in [1.165, 1.54) is 12.1 Å². The molecule has 2 atom stereocenters. The van der Waals surface area contributed by atoms with E-state index in [2.05, 4.69) is 15.4 Å². The lowest BCUT2D eigenvalue weighted by atomic mass is 10.0. The highest BCUT2D eigenvalue weighted by atomic mass is 19.4. The third-order valence-electron chi connectivity index (χ3n) is 6.71. The maximum absolute atomic E-state index is 14.7. The van der Waals surface area contributed by atoms with Gasteiger partial charge < -0.3 is 20.7 Å². The second-order valence-electron chi connectivity index (χ2n) is 9.50. The third-order valence-corrected chi connectivity index (χ3v) is 6.71. The van der Waals surface area contributed by atoms with Crippen LogP contribution in [-0.2, 0) is 11.0 Å². The maximum Gasteiger partial charge on any atom is 0.418 e. The van der Waals surface area contributed by atoms with Crippen molar-refractivity contribution in [2.45, 2.75) is 37.2 Å². The monoisotopic (exact) mass is 630 g/mol. The van der Waals surface area contributed by atoms with Gasteiger partial charge in [0.2, 0.25) is 5.91 Å². The number of alkyl halides is 10. The summed E-state index contributed by atoms with van der Waals surface area (Å²) in [5.74, 6) is -7.25. The lowest BCUT2D eigenvalue weighted by Gasteiger charge is -2.25. The number of nitrogens with two attached hydrogens (primary N) is 1. The minimum Gasteiger partial charge on any atom is -0.496 e.